The Bertz CT molecular complexity index is 810. The molecule has 0 saturated heterocycles. The number of methoxy groups -OCH3 is 1. The van der Waals surface area contributed by atoms with Gasteiger partial charge in [0.05, 0.1) is 7.11 Å². The van der Waals surface area contributed by atoms with Crippen LogP contribution in [0.1, 0.15) is 17.5 Å². The van der Waals surface area contributed by atoms with E-state index in [1.54, 1.807) is 13.2 Å². The van der Waals surface area contributed by atoms with Crippen molar-refractivity contribution >= 4 is 33.7 Å². The second-order valence-electron chi connectivity index (χ2n) is 5.41. The van der Waals surface area contributed by atoms with Crippen molar-refractivity contribution in [2.45, 2.75) is 12.8 Å². The maximum absolute atomic E-state index is 12.1. The lowest BCUT2D eigenvalue weighted by atomic mass is 10.1. The molecule has 1 aliphatic rings. The van der Waals surface area contributed by atoms with Crippen LogP contribution >= 0.6 is 15.9 Å². The third-order valence-corrected chi connectivity index (χ3v) is 4.27. The largest absolute Gasteiger partial charge is 0.496 e. The number of hydrogen-bond donors (Lipinski definition) is 1. The number of benzene rings is 2. The van der Waals surface area contributed by atoms with Crippen LogP contribution in [0, 0.1) is 0 Å². The van der Waals surface area contributed by atoms with Crippen molar-refractivity contribution in [2.24, 2.45) is 4.99 Å². The number of ether oxygens (including phenoxy) is 1. The molecule has 122 valence electrons. The number of aryl methyl sites for hydroxylation is 1. The molecule has 1 N–H and O–H groups in total. The molecule has 4 nitrogen and oxygen atoms in total. The summed E-state index contributed by atoms with van der Waals surface area (Å²) in [5, 5.41) is 2.84. The van der Waals surface area contributed by atoms with E-state index in [1.807, 2.05) is 48.5 Å². The number of carbonyl (C=O) groups is 1. The maximum Gasteiger partial charge on any atom is 0.275 e. The van der Waals surface area contributed by atoms with Crippen molar-refractivity contribution in [1.82, 2.24) is 5.32 Å². The predicted molar refractivity (Wildman–Crippen MR) is 99.0 cm³/mol. The molecule has 5 heteroatoms. The molecule has 0 atom stereocenters. The van der Waals surface area contributed by atoms with Crippen LogP contribution in [0.3, 0.4) is 0 Å². The van der Waals surface area contributed by atoms with Crippen molar-refractivity contribution in [3.8, 4) is 5.75 Å². The molecule has 2 aromatic rings. The normalized spacial score (nSPS) is 15.3. The summed E-state index contributed by atoms with van der Waals surface area (Å²) in [5.74, 6) is 1.38. The van der Waals surface area contributed by atoms with Crippen molar-refractivity contribution in [3.05, 3.63) is 69.8 Å². The molecular formula is C19H17BrN2O2. The fraction of sp³-hybridized carbons (Fsp3) is 0.158. The maximum atomic E-state index is 12.1. The van der Waals surface area contributed by atoms with E-state index < -0.39 is 0 Å². The molecule has 1 amide bonds. The average molecular weight is 385 g/mol. The van der Waals surface area contributed by atoms with Crippen LogP contribution in [-0.2, 0) is 11.2 Å². The summed E-state index contributed by atoms with van der Waals surface area (Å²) >= 11 is 3.40. The summed E-state index contributed by atoms with van der Waals surface area (Å²) in [5.41, 5.74) is 2.48. The lowest BCUT2D eigenvalue weighted by Gasteiger charge is -2.07. The molecule has 3 rings (SSSR count). The van der Waals surface area contributed by atoms with Crippen LogP contribution in [0.4, 0.5) is 0 Å². The second kappa shape index (κ2) is 7.45. The zero-order valence-corrected chi connectivity index (χ0v) is 14.8. The van der Waals surface area contributed by atoms with Crippen molar-refractivity contribution < 1.29 is 9.53 Å². The van der Waals surface area contributed by atoms with Gasteiger partial charge in [0.25, 0.3) is 5.91 Å². The molecule has 0 spiro atoms. The molecule has 0 unspecified atom stereocenters. The van der Waals surface area contributed by atoms with E-state index in [0.29, 0.717) is 18.0 Å². The minimum absolute atomic E-state index is 0.159. The van der Waals surface area contributed by atoms with Gasteiger partial charge in [-0.2, -0.15) is 0 Å². The van der Waals surface area contributed by atoms with Gasteiger partial charge in [0.2, 0.25) is 0 Å². The van der Waals surface area contributed by atoms with Crippen LogP contribution in [0.2, 0.25) is 0 Å². The zero-order chi connectivity index (χ0) is 16.9. The Balaban J connectivity index is 1.71. The van der Waals surface area contributed by atoms with Gasteiger partial charge in [-0.15, -0.1) is 0 Å². The molecule has 1 heterocycles. The lowest BCUT2D eigenvalue weighted by molar-refractivity contribution is -0.115. The van der Waals surface area contributed by atoms with Crippen LogP contribution in [-0.4, -0.2) is 18.9 Å². The number of para-hydroxylation sites is 1. The monoisotopic (exact) mass is 384 g/mol. The highest BCUT2D eigenvalue weighted by Crippen LogP contribution is 2.20. The standard InChI is InChI=1S/C19H17BrN2O2/c1-24-17-5-3-2-4-14(17)8-11-18-21-16(19(23)22-18)12-13-6-9-15(20)10-7-13/h2-7,9-10,12H,8,11H2,1H3,(H,21,22,23)/b16-12+. The van der Waals surface area contributed by atoms with Gasteiger partial charge in [-0.3, -0.25) is 4.79 Å². The lowest BCUT2D eigenvalue weighted by Crippen LogP contribution is -2.24. The third kappa shape index (κ3) is 3.92. The molecular weight excluding hydrogens is 368 g/mol. The first-order valence-electron chi connectivity index (χ1n) is 7.64. The molecule has 0 radical (unpaired) electrons. The van der Waals surface area contributed by atoms with Crippen molar-refractivity contribution in [3.63, 3.8) is 0 Å². The van der Waals surface area contributed by atoms with Crippen molar-refractivity contribution in [2.75, 3.05) is 7.11 Å². The summed E-state index contributed by atoms with van der Waals surface area (Å²) in [4.78, 5) is 16.5. The predicted octanol–water partition coefficient (Wildman–Crippen LogP) is 3.96. The first-order valence-corrected chi connectivity index (χ1v) is 8.43. The fourth-order valence-electron chi connectivity index (χ4n) is 2.51. The number of carbonyl (C=O) groups excluding carboxylic acids is 1. The molecule has 0 aromatic heterocycles. The van der Waals surface area contributed by atoms with E-state index in [2.05, 4.69) is 26.2 Å². The minimum atomic E-state index is -0.159. The molecule has 0 aliphatic carbocycles. The van der Waals surface area contributed by atoms with E-state index in [1.165, 1.54) is 0 Å². The summed E-state index contributed by atoms with van der Waals surface area (Å²) in [7, 11) is 1.66. The second-order valence-corrected chi connectivity index (χ2v) is 6.32. The molecule has 0 bridgehead atoms. The SMILES string of the molecule is COc1ccccc1CCC1=N/C(=C/c2ccc(Br)cc2)C(=O)N1. The van der Waals surface area contributed by atoms with E-state index >= 15 is 0 Å². The Kier molecular flexibility index (Phi) is 5.11. The Morgan fingerprint density at radius 1 is 1.12 bits per heavy atom. The number of rotatable bonds is 5. The highest BCUT2D eigenvalue weighted by Gasteiger charge is 2.19. The Hall–Kier alpha value is -2.40. The van der Waals surface area contributed by atoms with Gasteiger partial charge in [0, 0.05) is 10.9 Å². The number of hydrogen-bond acceptors (Lipinski definition) is 3. The third-order valence-electron chi connectivity index (χ3n) is 3.74. The molecule has 0 saturated carbocycles. The highest BCUT2D eigenvalue weighted by molar-refractivity contribution is 9.10. The van der Waals surface area contributed by atoms with Crippen LogP contribution in [0.5, 0.6) is 5.75 Å². The Labute approximate surface area is 149 Å². The summed E-state index contributed by atoms with van der Waals surface area (Å²) in [6.45, 7) is 0. The van der Waals surface area contributed by atoms with Crippen molar-refractivity contribution in [1.29, 1.82) is 0 Å². The fourth-order valence-corrected chi connectivity index (χ4v) is 2.78. The van der Waals surface area contributed by atoms with Gasteiger partial charge >= 0.3 is 0 Å². The Morgan fingerprint density at radius 2 is 1.88 bits per heavy atom. The van der Waals surface area contributed by atoms with Gasteiger partial charge in [-0.25, -0.2) is 4.99 Å². The number of amidine groups is 1. The van der Waals surface area contributed by atoms with Gasteiger partial charge in [-0.1, -0.05) is 46.3 Å². The zero-order valence-electron chi connectivity index (χ0n) is 13.3. The highest BCUT2D eigenvalue weighted by atomic mass is 79.9. The quantitative estimate of drug-likeness (QED) is 0.793. The van der Waals surface area contributed by atoms with Gasteiger partial charge in [0.1, 0.15) is 17.3 Å². The first kappa shape index (κ1) is 16.5. The van der Waals surface area contributed by atoms with E-state index in [4.69, 9.17) is 4.74 Å². The van der Waals surface area contributed by atoms with Crippen LogP contribution < -0.4 is 10.1 Å². The summed E-state index contributed by atoms with van der Waals surface area (Å²) < 4.78 is 6.35. The van der Waals surface area contributed by atoms with Crippen LogP contribution in [0.15, 0.2) is 63.7 Å². The smallest absolute Gasteiger partial charge is 0.275 e. The minimum Gasteiger partial charge on any atom is -0.496 e. The number of nitrogens with zero attached hydrogens (tertiary/aromatic N) is 1. The van der Waals surface area contributed by atoms with E-state index in [9.17, 15) is 4.79 Å². The summed E-state index contributed by atoms with van der Waals surface area (Å²) in [6, 6.07) is 15.6. The summed E-state index contributed by atoms with van der Waals surface area (Å²) in [6.07, 6.45) is 3.20. The number of nitrogens with one attached hydrogen (secondary N) is 1. The average Bonchev–Trinajstić information content (AvgIpc) is 2.95. The molecule has 2 aromatic carbocycles. The number of amides is 1. The van der Waals surface area contributed by atoms with E-state index in [-0.39, 0.29) is 5.91 Å². The number of aliphatic imine (C=N–C) groups is 1. The van der Waals surface area contributed by atoms with Gasteiger partial charge in [0.15, 0.2) is 0 Å². The molecule has 1 aliphatic heterocycles. The van der Waals surface area contributed by atoms with Gasteiger partial charge in [-0.05, 0) is 41.8 Å². The van der Waals surface area contributed by atoms with Gasteiger partial charge < -0.3 is 10.1 Å². The number of halogens is 1. The first-order chi connectivity index (χ1) is 11.7. The molecule has 0 fully saturated rings. The Morgan fingerprint density at radius 3 is 2.62 bits per heavy atom. The van der Waals surface area contributed by atoms with Crippen LogP contribution in [0.25, 0.3) is 6.08 Å². The molecule has 24 heavy (non-hydrogen) atoms. The van der Waals surface area contributed by atoms with E-state index in [0.717, 1.165) is 27.8 Å². The topological polar surface area (TPSA) is 50.7 Å².